The van der Waals surface area contributed by atoms with Crippen molar-refractivity contribution in [1.29, 1.82) is 0 Å². The van der Waals surface area contributed by atoms with E-state index in [4.69, 9.17) is 0 Å². The SMILES string of the molecule is O=C1NCCN(Cc2ccccc2)C1c1ccc(F)cc1. The summed E-state index contributed by atoms with van der Waals surface area (Å²) in [4.78, 5) is 14.4. The predicted molar refractivity (Wildman–Crippen MR) is 79.0 cm³/mol. The number of piperazine rings is 1. The normalized spacial score (nSPS) is 19.3. The van der Waals surface area contributed by atoms with E-state index in [0.29, 0.717) is 13.1 Å². The maximum atomic E-state index is 13.1. The van der Waals surface area contributed by atoms with Gasteiger partial charge in [-0.3, -0.25) is 9.69 Å². The molecule has 108 valence electrons. The van der Waals surface area contributed by atoms with Crippen molar-refractivity contribution < 1.29 is 9.18 Å². The summed E-state index contributed by atoms with van der Waals surface area (Å²) in [5.41, 5.74) is 1.99. The number of nitrogens with one attached hydrogen (secondary N) is 1. The van der Waals surface area contributed by atoms with Crippen molar-refractivity contribution in [3.63, 3.8) is 0 Å². The lowest BCUT2D eigenvalue weighted by Gasteiger charge is -2.35. The molecule has 0 aromatic heterocycles. The summed E-state index contributed by atoms with van der Waals surface area (Å²) in [7, 11) is 0. The van der Waals surface area contributed by atoms with E-state index in [1.807, 2.05) is 30.3 Å². The molecular weight excluding hydrogens is 267 g/mol. The van der Waals surface area contributed by atoms with Gasteiger partial charge in [-0.2, -0.15) is 0 Å². The van der Waals surface area contributed by atoms with Gasteiger partial charge in [-0.1, -0.05) is 42.5 Å². The Morgan fingerprint density at radius 2 is 1.81 bits per heavy atom. The zero-order chi connectivity index (χ0) is 14.7. The van der Waals surface area contributed by atoms with Gasteiger partial charge in [0.1, 0.15) is 11.9 Å². The lowest BCUT2D eigenvalue weighted by molar-refractivity contribution is -0.129. The molecule has 2 aromatic rings. The van der Waals surface area contributed by atoms with E-state index in [0.717, 1.165) is 12.1 Å². The molecule has 0 radical (unpaired) electrons. The molecule has 1 heterocycles. The zero-order valence-electron chi connectivity index (χ0n) is 11.6. The second-order valence-corrected chi connectivity index (χ2v) is 5.20. The van der Waals surface area contributed by atoms with Crippen molar-refractivity contribution in [3.05, 3.63) is 71.5 Å². The third kappa shape index (κ3) is 3.11. The van der Waals surface area contributed by atoms with Gasteiger partial charge in [0.05, 0.1) is 0 Å². The van der Waals surface area contributed by atoms with E-state index in [1.54, 1.807) is 12.1 Å². The second-order valence-electron chi connectivity index (χ2n) is 5.20. The quantitative estimate of drug-likeness (QED) is 0.939. The molecule has 3 nitrogen and oxygen atoms in total. The molecule has 2 aromatic carbocycles. The summed E-state index contributed by atoms with van der Waals surface area (Å²) >= 11 is 0. The Labute approximate surface area is 123 Å². The third-order valence-electron chi connectivity index (χ3n) is 3.73. The van der Waals surface area contributed by atoms with Crippen molar-refractivity contribution in [1.82, 2.24) is 10.2 Å². The number of hydrogen-bond donors (Lipinski definition) is 1. The standard InChI is InChI=1S/C17H17FN2O/c18-15-8-6-14(7-9-15)16-17(21)19-10-11-20(16)12-13-4-2-1-3-5-13/h1-9,16H,10-12H2,(H,19,21). The van der Waals surface area contributed by atoms with Crippen molar-refractivity contribution >= 4 is 5.91 Å². The lowest BCUT2D eigenvalue weighted by Crippen LogP contribution is -2.49. The van der Waals surface area contributed by atoms with E-state index in [9.17, 15) is 9.18 Å². The van der Waals surface area contributed by atoms with E-state index in [-0.39, 0.29) is 17.8 Å². The van der Waals surface area contributed by atoms with Crippen LogP contribution in [0.5, 0.6) is 0 Å². The van der Waals surface area contributed by atoms with Crippen LogP contribution in [0.2, 0.25) is 0 Å². The van der Waals surface area contributed by atoms with Gasteiger partial charge in [0, 0.05) is 19.6 Å². The number of carbonyl (C=O) groups excluding carboxylic acids is 1. The minimum atomic E-state index is -0.362. The summed E-state index contributed by atoms with van der Waals surface area (Å²) in [5, 5.41) is 2.89. The molecular formula is C17H17FN2O. The maximum absolute atomic E-state index is 13.1. The average molecular weight is 284 g/mol. The molecule has 1 aliphatic heterocycles. The fourth-order valence-corrected chi connectivity index (χ4v) is 2.71. The average Bonchev–Trinajstić information content (AvgIpc) is 2.50. The van der Waals surface area contributed by atoms with Crippen molar-refractivity contribution in [3.8, 4) is 0 Å². The van der Waals surface area contributed by atoms with Crippen LogP contribution in [0.25, 0.3) is 0 Å². The number of benzene rings is 2. The van der Waals surface area contributed by atoms with Crippen LogP contribution < -0.4 is 5.32 Å². The molecule has 1 N–H and O–H groups in total. The van der Waals surface area contributed by atoms with Gasteiger partial charge in [-0.15, -0.1) is 0 Å². The van der Waals surface area contributed by atoms with E-state index >= 15 is 0 Å². The number of nitrogens with zero attached hydrogens (tertiary/aromatic N) is 1. The number of carbonyl (C=O) groups is 1. The molecule has 1 atom stereocenters. The Morgan fingerprint density at radius 1 is 1.10 bits per heavy atom. The van der Waals surface area contributed by atoms with Crippen LogP contribution in [0.15, 0.2) is 54.6 Å². The number of rotatable bonds is 3. The molecule has 0 bridgehead atoms. The first kappa shape index (κ1) is 13.8. The maximum Gasteiger partial charge on any atom is 0.242 e. The fraction of sp³-hybridized carbons (Fsp3) is 0.235. The predicted octanol–water partition coefficient (Wildman–Crippen LogP) is 2.50. The number of hydrogen-bond acceptors (Lipinski definition) is 2. The summed E-state index contributed by atoms with van der Waals surface area (Å²) in [5.74, 6) is -0.312. The molecule has 1 amide bonds. The molecule has 21 heavy (non-hydrogen) atoms. The van der Waals surface area contributed by atoms with E-state index in [1.165, 1.54) is 17.7 Å². The zero-order valence-corrected chi connectivity index (χ0v) is 11.6. The van der Waals surface area contributed by atoms with Crippen LogP contribution in [0.3, 0.4) is 0 Å². The minimum absolute atomic E-state index is 0.0243. The Bertz CT molecular complexity index is 612. The lowest BCUT2D eigenvalue weighted by atomic mass is 10.0. The summed E-state index contributed by atoms with van der Waals surface area (Å²) in [6.07, 6.45) is 0. The molecule has 4 heteroatoms. The Hall–Kier alpha value is -2.20. The highest BCUT2D eigenvalue weighted by atomic mass is 19.1. The van der Waals surface area contributed by atoms with E-state index in [2.05, 4.69) is 10.2 Å². The molecule has 1 aliphatic rings. The first-order chi connectivity index (χ1) is 10.2. The Balaban J connectivity index is 1.86. The van der Waals surface area contributed by atoms with Gasteiger partial charge in [0.25, 0.3) is 0 Å². The van der Waals surface area contributed by atoms with Gasteiger partial charge >= 0.3 is 0 Å². The topological polar surface area (TPSA) is 32.3 Å². The highest BCUT2D eigenvalue weighted by Gasteiger charge is 2.30. The van der Waals surface area contributed by atoms with Crippen molar-refractivity contribution in [2.75, 3.05) is 13.1 Å². The number of amides is 1. The molecule has 0 aliphatic carbocycles. The summed E-state index contributed by atoms with van der Waals surface area (Å²) < 4.78 is 13.1. The summed E-state index contributed by atoms with van der Waals surface area (Å²) in [6.45, 7) is 2.13. The first-order valence-electron chi connectivity index (χ1n) is 7.05. The van der Waals surface area contributed by atoms with Gasteiger partial charge in [-0.25, -0.2) is 4.39 Å². The van der Waals surface area contributed by atoms with Gasteiger partial charge in [-0.05, 0) is 23.3 Å². The first-order valence-corrected chi connectivity index (χ1v) is 7.05. The van der Waals surface area contributed by atoms with Crippen LogP contribution in [0.1, 0.15) is 17.2 Å². The monoisotopic (exact) mass is 284 g/mol. The van der Waals surface area contributed by atoms with Crippen LogP contribution in [-0.2, 0) is 11.3 Å². The Kier molecular flexibility index (Phi) is 3.97. The van der Waals surface area contributed by atoms with Crippen molar-refractivity contribution in [2.24, 2.45) is 0 Å². The van der Waals surface area contributed by atoms with E-state index < -0.39 is 0 Å². The largest absolute Gasteiger partial charge is 0.353 e. The van der Waals surface area contributed by atoms with Crippen LogP contribution in [-0.4, -0.2) is 23.9 Å². The van der Waals surface area contributed by atoms with Gasteiger partial charge < -0.3 is 5.32 Å². The fourth-order valence-electron chi connectivity index (χ4n) is 2.71. The third-order valence-corrected chi connectivity index (χ3v) is 3.73. The highest BCUT2D eigenvalue weighted by Crippen LogP contribution is 2.25. The summed E-state index contributed by atoms with van der Waals surface area (Å²) in [6, 6.07) is 15.9. The molecule has 1 saturated heterocycles. The number of halogens is 1. The Morgan fingerprint density at radius 3 is 2.52 bits per heavy atom. The van der Waals surface area contributed by atoms with Crippen LogP contribution in [0.4, 0.5) is 4.39 Å². The highest BCUT2D eigenvalue weighted by molar-refractivity contribution is 5.83. The van der Waals surface area contributed by atoms with Gasteiger partial charge in [0.15, 0.2) is 0 Å². The molecule has 1 fully saturated rings. The van der Waals surface area contributed by atoms with Crippen LogP contribution >= 0.6 is 0 Å². The van der Waals surface area contributed by atoms with Gasteiger partial charge in [0.2, 0.25) is 5.91 Å². The second kappa shape index (κ2) is 6.06. The minimum Gasteiger partial charge on any atom is -0.353 e. The molecule has 0 spiro atoms. The van der Waals surface area contributed by atoms with Crippen LogP contribution in [0, 0.1) is 5.82 Å². The smallest absolute Gasteiger partial charge is 0.242 e. The van der Waals surface area contributed by atoms with Crippen molar-refractivity contribution in [2.45, 2.75) is 12.6 Å². The molecule has 3 rings (SSSR count). The molecule has 0 saturated carbocycles. The molecule has 1 unspecified atom stereocenters.